The lowest BCUT2D eigenvalue weighted by Gasteiger charge is -2.29. The zero-order valence-electron chi connectivity index (χ0n) is 15.0. The minimum absolute atomic E-state index is 0.0914. The van der Waals surface area contributed by atoms with Gasteiger partial charge in [0.2, 0.25) is 15.9 Å². The number of sulfonamides is 1. The first-order chi connectivity index (χ1) is 12.9. The predicted octanol–water partition coefficient (Wildman–Crippen LogP) is -0.180. The number of nitrogens with one attached hydrogen (secondary N) is 3. The Morgan fingerprint density at radius 1 is 1.11 bits per heavy atom. The minimum Gasteiger partial charge on any atom is -0.354 e. The molecule has 2 bridgehead atoms. The van der Waals surface area contributed by atoms with Gasteiger partial charge in [0.1, 0.15) is 0 Å². The fourth-order valence-electron chi connectivity index (χ4n) is 4.19. The molecule has 0 saturated carbocycles. The van der Waals surface area contributed by atoms with Crippen LogP contribution in [-0.4, -0.2) is 62.3 Å². The molecule has 0 aliphatic carbocycles. The molecule has 4 rings (SSSR count). The van der Waals surface area contributed by atoms with Crippen LogP contribution in [0.1, 0.15) is 36.0 Å². The average Bonchev–Trinajstić information content (AvgIpc) is 3.00. The first kappa shape index (κ1) is 18.4. The molecule has 0 aromatic heterocycles. The van der Waals surface area contributed by atoms with Crippen molar-refractivity contribution in [3.8, 4) is 0 Å². The van der Waals surface area contributed by atoms with Crippen LogP contribution >= 0.6 is 0 Å². The Morgan fingerprint density at radius 3 is 2.41 bits per heavy atom. The Balaban J connectivity index is 1.42. The molecule has 27 heavy (non-hydrogen) atoms. The van der Waals surface area contributed by atoms with E-state index in [4.69, 9.17) is 0 Å². The van der Waals surface area contributed by atoms with Crippen molar-refractivity contribution in [3.05, 3.63) is 29.8 Å². The van der Waals surface area contributed by atoms with Gasteiger partial charge < -0.3 is 16.0 Å². The van der Waals surface area contributed by atoms with Crippen LogP contribution < -0.4 is 16.0 Å². The summed E-state index contributed by atoms with van der Waals surface area (Å²) in [6, 6.07) is 7.06. The number of benzene rings is 1. The number of hydrogen-bond acceptors (Lipinski definition) is 5. The van der Waals surface area contributed by atoms with E-state index in [-0.39, 0.29) is 35.8 Å². The van der Waals surface area contributed by atoms with Crippen LogP contribution in [0.4, 0.5) is 0 Å². The number of rotatable bonds is 4. The highest BCUT2D eigenvalue weighted by Gasteiger charge is 2.34. The molecular formula is C18H24N4O4S. The summed E-state index contributed by atoms with van der Waals surface area (Å²) in [5, 5.41) is 9.22. The van der Waals surface area contributed by atoms with Gasteiger partial charge in [0, 0.05) is 36.8 Å². The quantitative estimate of drug-likeness (QED) is 0.659. The Bertz CT molecular complexity index is 827. The fraction of sp³-hybridized carbons (Fsp3) is 0.556. The van der Waals surface area contributed by atoms with Gasteiger partial charge in [-0.25, -0.2) is 8.42 Å². The van der Waals surface area contributed by atoms with Crippen molar-refractivity contribution in [2.24, 2.45) is 0 Å². The molecule has 3 fully saturated rings. The van der Waals surface area contributed by atoms with Gasteiger partial charge in [0.15, 0.2) is 0 Å². The Morgan fingerprint density at radius 2 is 1.78 bits per heavy atom. The summed E-state index contributed by atoms with van der Waals surface area (Å²) in [4.78, 5) is 24.1. The molecule has 3 N–H and O–H groups in total. The molecule has 2 unspecified atom stereocenters. The Labute approximate surface area is 158 Å². The van der Waals surface area contributed by atoms with E-state index in [2.05, 4.69) is 16.0 Å². The maximum Gasteiger partial charge on any atom is 0.251 e. The van der Waals surface area contributed by atoms with Crippen molar-refractivity contribution >= 4 is 21.8 Å². The second-order valence-corrected chi connectivity index (χ2v) is 9.43. The highest BCUT2D eigenvalue weighted by Crippen LogP contribution is 2.27. The third-order valence-electron chi connectivity index (χ3n) is 5.57. The van der Waals surface area contributed by atoms with Gasteiger partial charge in [-0.3, -0.25) is 9.59 Å². The minimum atomic E-state index is -3.74. The van der Waals surface area contributed by atoms with E-state index >= 15 is 0 Å². The molecule has 2 amide bonds. The van der Waals surface area contributed by atoms with E-state index in [1.165, 1.54) is 24.3 Å². The van der Waals surface area contributed by atoms with Crippen LogP contribution in [0.2, 0.25) is 0 Å². The SMILES string of the molecule is O=C1CN(S(=O)(=O)c2ccc(C(=O)NC3CC4CCC(C3)N4)cc2)CCN1. The number of carbonyl (C=O) groups is 2. The highest BCUT2D eigenvalue weighted by molar-refractivity contribution is 7.89. The van der Waals surface area contributed by atoms with Crippen LogP contribution in [0, 0.1) is 0 Å². The van der Waals surface area contributed by atoms with Gasteiger partial charge >= 0.3 is 0 Å². The molecule has 1 aromatic carbocycles. The largest absolute Gasteiger partial charge is 0.354 e. The van der Waals surface area contributed by atoms with Gasteiger partial charge in [-0.15, -0.1) is 0 Å². The van der Waals surface area contributed by atoms with Crippen LogP contribution in [0.5, 0.6) is 0 Å². The molecule has 3 heterocycles. The normalized spacial score (nSPS) is 28.6. The average molecular weight is 392 g/mol. The van der Waals surface area contributed by atoms with E-state index in [9.17, 15) is 18.0 Å². The molecular weight excluding hydrogens is 368 g/mol. The highest BCUT2D eigenvalue weighted by atomic mass is 32.2. The number of hydrogen-bond donors (Lipinski definition) is 3. The van der Waals surface area contributed by atoms with Crippen molar-refractivity contribution in [2.75, 3.05) is 19.6 Å². The summed E-state index contributed by atoms with van der Waals surface area (Å²) >= 11 is 0. The number of fused-ring (bicyclic) bond motifs is 2. The molecule has 2 atom stereocenters. The number of piperidine rings is 1. The molecule has 1 aromatic rings. The van der Waals surface area contributed by atoms with Gasteiger partial charge in [0.25, 0.3) is 5.91 Å². The van der Waals surface area contributed by atoms with Gasteiger partial charge in [0.05, 0.1) is 11.4 Å². The van der Waals surface area contributed by atoms with E-state index in [1.807, 2.05) is 0 Å². The van der Waals surface area contributed by atoms with Crippen LogP contribution in [0.3, 0.4) is 0 Å². The zero-order valence-corrected chi connectivity index (χ0v) is 15.8. The summed E-state index contributed by atoms with van der Waals surface area (Å²) in [5.74, 6) is -0.487. The van der Waals surface area contributed by atoms with Gasteiger partial charge in [-0.2, -0.15) is 4.31 Å². The maximum absolute atomic E-state index is 12.6. The third kappa shape index (κ3) is 3.85. The van der Waals surface area contributed by atoms with E-state index in [1.54, 1.807) is 0 Å². The summed E-state index contributed by atoms with van der Waals surface area (Å²) in [7, 11) is -3.74. The van der Waals surface area contributed by atoms with Crippen LogP contribution in [0.15, 0.2) is 29.2 Å². The summed E-state index contributed by atoms with van der Waals surface area (Å²) in [6.45, 7) is 0.369. The summed E-state index contributed by atoms with van der Waals surface area (Å²) in [5.41, 5.74) is 0.441. The molecule has 146 valence electrons. The summed E-state index contributed by atoms with van der Waals surface area (Å²) < 4.78 is 26.5. The third-order valence-corrected chi connectivity index (χ3v) is 7.43. The Hall–Kier alpha value is -1.97. The topological polar surface area (TPSA) is 108 Å². The molecule has 9 heteroatoms. The number of nitrogens with zero attached hydrogens (tertiary/aromatic N) is 1. The van der Waals surface area contributed by atoms with Crippen LogP contribution in [-0.2, 0) is 14.8 Å². The van der Waals surface area contributed by atoms with Crippen molar-refractivity contribution in [1.29, 1.82) is 0 Å². The fourth-order valence-corrected chi connectivity index (χ4v) is 5.59. The van der Waals surface area contributed by atoms with Crippen molar-refractivity contribution < 1.29 is 18.0 Å². The zero-order chi connectivity index (χ0) is 19.0. The van der Waals surface area contributed by atoms with E-state index in [0.717, 1.165) is 30.0 Å². The Kier molecular flexibility index (Phi) is 4.92. The number of carbonyl (C=O) groups excluding carboxylic acids is 2. The molecule has 3 aliphatic heterocycles. The molecule has 0 radical (unpaired) electrons. The van der Waals surface area contributed by atoms with E-state index in [0.29, 0.717) is 24.2 Å². The lowest BCUT2D eigenvalue weighted by Crippen LogP contribution is -2.49. The van der Waals surface area contributed by atoms with E-state index < -0.39 is 10.0 Å². The number of piperazine rings is 1. The van der Waals surface area contributed by atoms with Gasteiger partial charge in [-0.05, 0) is 49.9 Å². The first-order valence-corrected chi connectivity index (χ1v) is 10.8. The smallest absolute Gasteiger partial charge is 0.251 e. The van der Waals surface area contributed by atoms with Gasteiger partial charge in [-0.1, -0.05) is 0 Å². The molecule has 3 saturated heterocycles. The monoisotopic (exact) mass is 392 g/mol. The molecule has 0 spiro atoms. The molecule has 3 aliphatic rings. The number of amides is 2. The lowest BCUT2D eigenvalue weighted by atomic mass is 9.99. The summed E-state index contributed by atoms with van der Waals surface area (Å²) in [6.07, 6.45) is 4.20. The predicted molar refractivity (Wildman–Crippen MR) is 98.6 cm³/mol. The second-order valence-electron chi connectivity index (χ2n) is 7.49. The van der Waals surface area contributed by atoms with Crippen molar-refractivity contribution in [1.82, 2.24) is 20.3 Å². The second kappa shape index (κ2) is 7.21. The first-order valence-electron chi connectivity index (χ1n) is 9.35. The lowest BCUT2D eigenvalue weighted by molar-refractivity contribution is -0.122. The standard InChI is InChI=1S/C18H24N4O4S/c23-17-11-22(8-7-19-17)27(25,26)16-5-1-12(2-6-16)18(24)21-15-9-13-3-4-14(10-15)20-13/h1-2,5-6,13-15,20H,3-4,7-11H2,(H,19,23)(H,21,24). The molecule has 8 nitrogen and oxygen atoms in total. The van der Waals surface area contributed by atoms with Crippen LogP contribution in [0.25, 0.3) is 0 Å². The van der Waals surface area contributed by atoms with Crippen molar-refractivity contribution in [3.63, 3.8) is 0 Å². The van der Waals surface area contributed by atoms with Crippen molar-refractivity contribution in [2.45, 2.75) is 48.7 Å². The maximum atomic E-state index is 12.6.